The number of hydrogen-bond acceptors (Lipinski definition) is 6. The second-order valence-corrected chi connectivity index (χ2v) is 5.06. The van der Waals surface area contributed by atoms with Gasteiger partial charge in [-0.05, 0) is 12.1 Å². The highest BCUT2D eigenvalue weighted by Gasteiger charge is 2.38. The van der Waals surface area contributed by atoms with Crippen LogP contribution in [0.25, 0.3) is 0 Å². The topological polar surface area (TPSA) is 99.4 Å². The molecule has 7 heteroatoms. The molecule has 0 aromatic heterocycles. The SMILES string of the molecule is OC[C@H](O)[C@H](O)[C@@H](O)[C@H]1COC(c2cccc(Cl)c2)O1. The van der Waals surface area contributed by atoms with Crippen molar-refractivity contribution >= 4 is 11.6 Å². The van der Waals surface area contributed by atoms with E-state index in [-0.39, 0.29) is 6.61 Å². The van der Waals surface area contributed by atoms with Crippen molar-refractivity contribution in [1.29, 1.82) is 0 Å². The van der Waals surface area contributed by atoms with Gasteiger partial charge in [0.25, 0.3) is 0 Å². The molecular formula is C13H17ClO6. The quantitative estimate of drug-likeness (QED) is 0.603. The molecule has 0 spiro atoms. The predicted molar refractivity (Wildman–Crippen MR) is 70.1 cm³/mol. The molecule has 0 amide bonds. The fourth-order valence-electron chi connectivity index (χ4n) is 1.98. The molecule has 112 valence electrons. The summed E-state index contributed by atoms with van der Waals surface area (Å²) >= 11 is 5.87. The van der Waals surface area contributed by atoms with Crippen molar-refractivity contribution in [2.75, 3.05) is 13.2 Å². The van der Waals surface area contributed by atoms with E-state index in [1.165, 1.54) is 0 Å². The molecule has 1 aromatic carbocycles. The Morgan fingerprint density at radius 1 is 1.30 bits per heavy atom. The molecule has 1 aliphatic heterocycles. The minimum absolute atomic E-state index is 0.0631. The third-order valence-corrected chi connectivity index (χ3v) is 3.38. The molecule has 4 N–H and O–H groups in total. The van der Waals surface area contributed by atoms with Crippen LogP contribution >= 0.6 is 11.6 Å². The van der Waals surface area contributed by atoms with Gasteiger partial charge in [0.2, 0.25) is 0 Å². The van der Waals surface area contributed by atoms with E-state index in [1.807, 2.05) is 0 Å². The summed E-state index contributed by atoms with van der Waals surface area (Å²) in [7, 11) is 0. The highest BCUT2D eigenvalue weighted by atomic mass is 35.5. The zero-order valence-electron chi connectivity index (χ0n) is 10.6. The Labute approximate surface area is 121 Å². The van der Waals surface area contributed by atoms with Crippen LogP contribution in [0.15, 0.2) is 24.3 Å². The summed E-state index contributed by atoms with van der Waals surface area (Å²) in [6.07, 6.45) is -5.78. The molecule has 1 aromatic rings. The van der Waals surface area contributed by atoms with Crippen molar-refractivity contribution in [3.05, 3.63) is 34.9 Å². The molecule has 6 nitrogen and oxygen atoms in total. The number of aliphatic hydroxyl groups excluding tert-OH is 4. The minimum Gasteiger partial charge on any atom is -0.394 e. The minimum atomic E-state index is -1.51. The highest BCUT2D eigenvalue weighted by molar-refractivity contribution is 6.30. The van der Waals surface area contributed by atoms with Crippen molar-refractivity contribution < 1.29 is 29.9 Å². The first-order valence-corrected chi connectivity index (χ1v) is 6.58. The van der Waals surface area contributed by atoms with Crippen LogP contribution in [-0.4, -0.2) is 58.1 Å². The van der Waals surface area contributed by atoms with E-state index < -0.39 is 37.3 Å². The van der Waals surface area contributed by atoms with Gasteiger partial charge in [-0.15, -0.1) is 0 Å². The molecule has 1 saturated heterocycles. The number of rotatable bonds is 5. The molecule has 2 rings (SSSR count). The lowest BCUT2D eigenvalue weighted by molar-refractivity contribution is -0.134. The average Bonchev–Trinajstić information content (AvgIpc) is 2.94. The van der Waals surface area contributed by atoms with Gasteiger partial charge in [-0.1, -0.05) is 23.7 Å². The van der Waals surface area contributed by atoms with Gasteiger partial charge in [-0.25, -0.2) is 0 Å². The normalized spacial score (nSPS) is 27.2. The predicted octanol–water partition coefficient (Wildman–Crippen LogP) is -0.171. The molecule has 5 atom stereocenters. The number of benzene rings is 1. The van der Waals surface area contributed by atoms with Crippen LogP contribution in [-0.2, 0) is 9.47 Å². The molecule has 1 unspecified atom stereocenters. The highest BCUT2D eigenvalue weighted by Crippen LogP contribution is 2.30. The van der Waals surface area contributed by atoms with Crippen LogP contribution < -0.4 is 0 Å². The fraction of sp³-hybridized carbons (Fsp3) is 0.538. The Hall–Kier alpha value is -0.730. The molecule has 1 aliphatic rings. The first kappa shape index (κ1) is 15.7. The standard InChI is InChI=1S/C13H17ClO6/c14-8-3-1-2-7(4-8)13-19-6-10(20-13)12(18)11(17)9(16)5-15/h1-4,9-13,15-18H,5-6H2/t9-,10+,11-,12-,13?/m0/s1. The lowest BCUT2D eigenvalue weighted by Gasteiger charge is -2.25. The van der Waals surface area contributed by atoms with Crippen LogP contribution in [0.4, 0.5) is 0 Å². The molecule has 1 heterocycles. The third kappa shape index (κ3) is 3.48. The number of halogens is 1. The van der Waals surface area contributed by atoms with E-state index in [1.54, 1.807) is 24.3 Å². The number of ether oxygens (including phenoxy) is 2. The molecular weight excluding hydrogens is 288 g/mol. The summed E-state index contributed by atoms with van der Waals surface area (Å²) in [6, 6.07) is 6.91. The Morgan fingerprint density at radius 2 is 2.05 bits per heavy atom. The monoisotopic (exact) mass is 304 g/mol. The Kier molecular flexibility index (Phi) is 5.34. The van der Waals surface area contributed by atoms with Gasteiger partial charge in [0.1, 0.15) is 24.4 Å². The van der Waals surface area contributed by atoms with E-state index in [2.05, 4.69) is 0 Å². The number of hydrogen-bond donors (Lipinski definition) is 4. The van der Waals surface area contributed by atoms with Crippen molar-refractivity contribution in [1.82, 2.24) is 0 Å². The number of aliphatic hydroxyl groups is 4. The van der Waals surface area contributed by atoms with Gasteiger partial charge in [0.05, 0.1) is 13.2 Å². The smallest absolute Gasteiger partial charge is 0.184 e. The van der Waals surface area contributed by atoms with Gasteiger partial charge in [0.15, 0.2) is 6.29 Å². The van der Waals surface area contributed by atoms with Crippen LogP contribution in [0.5, 0.6) is 0 Å². The van der Waals surface area contributed by atoms with E-state index >= 15 is 0 Å². The Bertz CT molecular complexity index is 443. The van der Waals surface area contributed by atoms with E-state index in [9.17, 15) is 15.3 Å². The second-order valence-electron chi connectivity index (χ2n) is 4.63. The van der Waals surface area contributed by atoms with E-state index in [4.69, 9.17) is 26.2 Å². The summed E-state index contributed by atoms with van der Waals surface area (Å²) in [5.41, 5.74) is 0.699. The first-order valence-electron chi connectivity index (χ1n) is 6.20. The largest absolute Gasteiger partial charge is 0.394 e. The van der Waals surface area contributed by atoms with Gasteiger partial charge in [-0.3, -0.25) is 0 Å². The summed E-state index contributed by atoms with van der Waals surface area (Å²) in [6.45, 7) is -0.586. The Balaban J connectivity index is 1.98. The van der Waals surface area contributed by atoms with E-state index in [0.717, 1.165) is 0 Å². The molecule has 0 bridgehead atoms. The third-order valence-electron chi connectivity index (χ3n) is 3.14. The summed E-state index contributed by atoms with van der Waals surface area (Å²) in [5, 5.41) is 38.1. The maximum absolute atomic E-state index is 9.89. The van der Waals surface area contributed by atoms with Gasteiger partial charge in [-0.2, -0.15) is 0 Å². The summed E-state index contributed by atoms with van der Waals surface area (Å²) < 4.78 is 10.9. The fourth-order valence-corrected chi connectivity index (χ4v) is 2.18. The van der Waals surface area contributed by atoms with Crippen LogP contribution in [0.1, 0.15) is 11.9 Å². The van der Waals surface area contributed by atoms with Crippen molar-refractivity contribution in [3.63, 3.8) is 0 Å². The van der Waals surface area contributed by atoms with Crippen LogP contribution in [0.3, 0.4) is 0 Å². The van der Waals surface area contributed by atoms with Crippen LogP contribution in [0.2, 0.25) is 5.02 Å². The summed E-state index contributed by atoms with van der Waals surface area (Å²) in [4.78, 5) is 0. The van der Waals surface area contributed by atoms with Crippen LogP contribution in [0, 0.1) is 0 Å². The molecule has 1 fully saturated rings. The maximum atomic E-state index is 9.89. The Morgan fingerprint density at radius 3 is 2.70 bits per heavy atom. The zero-order chi connectivity index (χ0) is 14.7. The van der Waals surface area contributed by atoms with Crippen molar-refractivity contribution in [2.24, 2.45) is 0 Å². The van der Waals surface area contributed by atoms with Crippen molar-refractivity contribution in [3.8, 4) is 0 Å². The average molecular weight is 305 g/mol. The van der Waals surface area contributed by atoms with E-state index in [0.29, 0.717) is 10.6 Å². The lowest BCUT2D eigenvalue weighted by atomic mass is 10.0. The lowest BCUT2D eigenvalue weighted by Crippen LogP contribution is -2.46. The first-order chi connectivity index (χ1) is 9.52. The maximum Gasteiger partial charge on any atom is 0.184 e. The molecule has 0 radical (unpaired) electrons. The summed E-state index contributed by atoms with van der Waals surface area (Å²) in [5.74, 6) is 0. The molecule has 0 saturated carbocycles. The second kappa shape index (κ2) is 6.82. The molecule has 20 heavy (non-hydrogen) atoms. The van der Waals surface area contributed by atoms with Gasteiger partial charge in [0, 0.05) is 10.6 Å². The van der Waals surface area contributed by atoms with Gasteiger partial charge < -0.3 is 29.9 Å². The zero-order valence-corrected chi connectivity index (χ0v) is 11.3. The van der Waals surface area contributed by atoms with Crippen molar-refractivity contribution in [2.45, 2.75) is 30.7 Å². The molecule has 0 aliphatic carbocycles. The van der Waals surface area contributed by atoms with Gasteiger partial charge >= 0.3 is 0 Å².